The molecule has 2 fully saturated rings. The van der Waals surface area contributed by atoms with Gasteiger partial charge in [0, 0.05) is 20.1 Å². The Morgan fingerprint density at radius 2 is 2.07 bits per heavy atom. The van der Waals surface area contributed by atoms with Gasteiger partial charge in [-0.3, -0.25) is 0 Å². The zero-order valence-electron chi connectivity index (χ0n) is 9.45. The Morgan fingerprint density at radius 3 is 2.57 bits per heavy atom. The Morgan fingerprint density at radius 1 is 1.36 bits per heavy atom. The van der Waals surface area contributed by atoms with Gasteiger partial charge >= 0.3 is 0 Å². The number of hydrogen-bond donors (Lipinski definition) is 0. The van der Waals surface area contributed by atoms with Crippen LogP contribution in [0.5, 0.6) is 0 Å². The van der Waals surface area contributed by atoms with Crippen molar-refractivity contribution < 1.29 is 14.2 Å². The van der Waals surface area contributed by atoms with E-state index >= 15 is 0 Å². The summed E-state index contributed by atoms with van der Waals surface area (Å²) in [6.07, 6.45) is 1.58. The molecule has 0 radical (unpaired) electrons. The first-order valence-electron chi connectivity index (χ1n) is 5.34. The lowest BCUT2D eigenvalue weighted by Crippen LogP contribution is -2.42. The largest absolute Gasteiger partial charge is 0.382 e. The van der Waals surface area contributed by atoms with Crippen molar-refractivity contribution in [2.24, 2.45) is 11.8 Å². The molecule has 0 amide bonds. The predicted molar refractivity (Wildman–Crippen MR) is 53.2 cm³/mol. The van der Waals surface area contributed by atoms with Crippen molar-refractivity contribution in [3.63, 3.8) is 0 Å². The van der Waals surface area contributed by atoms with Crippen LogP contribution in [-0.2, 0) is 14.2 Å². The van der Waals surface area contributed by atoms with Crippen molar-refractivity contribution in [1.29, 1.82) is 0 Å². The lowest BCUT2D eigenvalue weighted by atomic mass is 9.92. The van der Waals surface area contributed by atoms with Crippen molar-refractivity contribution in [1.82, 2.24) is 0 Å². The van der Waals surface area contributed by atoms with Crippen molar-refractivity contribution in [2.45, 2.75) is 38.1 Å². The van der Waals surface area contributed by atoms with Gasteiger partial charge in [0.15, 0.2) is 0 Å². The molecule has 0 aromatic rings. The first-order chi connectivity index (χ1) is 6.64. The smallest absolute Gasteiger partial charge is 0.118 e. The molecule has 0 N–H and O–H groups in total. The molecule has 3 nitrogen and oxygen atoms in total. The highest BCUT2D eigenvalue weighted by Gasteiger charge is 2.62. The van der Waals surface area contributed by atoms with Gasteiger partial charge in [-0.2, -0.15) is 0 Å². The van der Waals surface area contributed by atoms with Gasteiger partial charge in [0.2, 0.25) is 0 Å². The Kier molecular flexibility index (Phi) is 2.58. The topological polar surface area (TPSA) is 27.7 Å². The Balaban J connectivity index is 2.23. The normalized spacial score (nSPS) is 51.4. The van der Waals surface area contributed by atoms with Crippen molar-refractivity contribution in [2.75, 3.05) is 20.8 Å². The zero-order chi connectivity index (χ0) is 10.3. The molecule has 2 rings (SSSR count). The molecule has 0 aromatic heterocycles. The molecule has 82 valence electrons. The number of methoxy groups -OCH3 is 2. The highest BCUT2D eigenvalue weighted by molar-refractivity contribution is 5.10. The van der Waals surface area contributed by atoms with Crippen LogP contribution in [-0.4, -0.2) is 38.6 Å². The molecule has 2 aliphatic rings. The van der Waals surface area contributed by atoms with Crippen LogP contribution in [0.15, 0.2) is 0 Å². The van der Waals surface area contributed by atoms with Gasteiger partial charge in [-0.15, -0.1) is 0 Å². The summed E-state index contributed by atoms with van der Waals surface area (Å²) in [6, 6.07) is 0. The first kappa shape index (κ1) is 10.4. The molecule has 1 saturated carbocycles. The maximum atomic E-state index is 6.01. The third kappa shape index (κ3) is 1.23. The molecule has 5 atom stereocenters. The van der Waals surface area contributed by atoms with Crippen LogP contribution in [0.25, 0.3) is 0 Å². The van der Waals surface area contributed by atoms with E-state index in [1.807, 2.05) is 0 Å². The quantitative estimate of drug-likeness (QED) is 0.690. The van der Waals surface area contributed by atoms with Crippen LogP contribution in [0.2, 0.25) is 0 Å². The molecule has 1 aliphatic carbocycles. The fourth-order valence-corrected chi connectivity index (χ4v) is 3.51. The van der Waals surface area contributed by atoms with E-state index in [4.69, 9.17) is 14.2 Å². The predicted octanol–water partition coefficient (Wildman–Crippen LogP) is 1.46. The van der Waals surface area contributed by atoms with E-state index in [-0.39, 0.29) is 11.7 Å². The highest BCUT2D eigenvalue weighted by atomic mass is 16.6. The van der Waals surface area contributed by atoms with Crippen molar-refractivity contribution in [3.05, 3.63) is 0 Å². The SMILES string of the molecule is COCC12CC(C)C([C@H](C)O1)[C@@H]2OC. The maximum Gasteiger partial charge on any atom is 0.118 e. The van der Waals surface area contributed by atoms with E-state index in [2.05, 4.69) is 13.8 Å². The maximum absolute atomic E-state index is 6.01. The molecule has 3 heteroatoms. The summed E-state index contributed by atoms with van der Waals surface area (Å²) in [5, 5.41) is 0. The Hall–Kier alpha value is -0.120. The summed E-state index contributed by atoms with van der Waals surface area (Å²) in [7, 11) is 3.51. The molecule has 3 unspecified atom stereocenters. The molecular formula is C11H20O3. The summed E-state index contributed by atoms with van der Waals surface area (Å²) in [5.74, 6) is 1.22. The average Bonchev–Trinajstić information content (AvgIpc) is 2.51. The molecule has 1 aliphatic heterocycles. The highest BCUT2D eigenvalue weighted by Crippen LogP contribution is 2.52. The summed E-state index contributed by atoms with van der Waals surface area (Å²) >= 11 is 0. The zero-order valence-corrected chi connectivity index (χ0v) is 9.45. The van der Waals surface area contributed by atoms with Crippen LogP contribution in [0.1, 0.15) is 20.3 Å². The molecule has 1 heterocycles. The van der Waals surface area contributed by atoms with Crippen LogP contribution < -0.4 is 0 Å². The van der Waals surface area contributed by atoms with Crippen molar-refractivity contribution in [3.8, 4) is 0 Å². The monoisotopic (exact) mass is 200 g/mol. The summed E-state index contributed by atoms with van der Waals surface area (Å²) in [6.45, 7) is 5.08. The minimum atomic E-state index is -0.174. The van der Waals surface area contributed by atoms with E-state index in [1.54, 1.807) is 14.2 Å². The van der Waals surface area contributed by atoms with E-state index in [0.717, 1.165) is 6.42 Å². The second-order valence-electron chi connectivity index (χ2n) is 4.74. The molecule has 0 spiro atoms. The minimum absolute atomic E-state index is 0.174. The summed E-state index contributed by atoms with van der Waals surface area (Å²) in [4.78, 5) is 0. The van der Waals surface area contributed by atoms with E-state index < -0.39 is 0 Å². The number of rotatable bonds is 3. The van der Waals surface area contributed by atoms with Gasteiger partial charge in [-0.05, 0) is 19.3 Å². The Bertz CT molecular complexity index is 205. The lowest BCUT2D eigenvalue weighted by Gasteiger charge is -2.32. The number of hydrogen-bond acceptors (Lipinski definition) is 3. The third-order valence-electron chi connectivity index (χ3n) is 3.80. The van der Waals surface area contributed by atoms with Gasteiger partial charge in [-0.1, -0.05) is 6.92 Å². The fraction of sp³-hybridized carbons (Fsp3) is 1.00. The lowest BCUT2D eigenvalue weighted by molar-refractivity contribution is -0.131. The van der Waals surface area contributed by atoms with Crippen molar-refractivity contribution >= 4 is 0 Å². The Labute approximate surface area is 85.7 Å². The summed E-state index contributed by atoms with van der Waals surface area (Å²) in [5.41, 5.74) is -0.174. The number of fused-ring (bicyclic) bond motifs is 2. The second-order valence-corrected chi connectivity index (χ2v) is 4.74. The van der Waals surface area contributed by atoms with E-state index in [9.17, 15) is 0 Å². The standard InChI is InChI=1S/C11H20O3/c1-7-5-11(6-12-3)10(13-4)9(7)8(2)14-11/h7-10H,5-6H2,1-4H3/t7?,8-,9?,10-,11?/m0/s1. The van der Waals surface area contributed by atoms with E-state index in [1.165, 1.54) is 0 Å². The van der Waals surface area contributed by atoms with Crippen LogP contribution >= 0.6 is 0 Å². The first-order valence-corrected chi connectivity index (χ1v) is 5.34. The van der Waals surface area contributed by atoms with Crippen LogP contribution in [0.4, 0.5) is 0 Å². The minimum Gasteiger partial charge on any atom is -0.382 e. The molecule has 1 saturated heterocycles. The van der Waals surface area contributed by atoms with Gasteiger partial charge in [0.25, 0.3) is 0 Å². The summed E-state index contributed by atoms with van der Waals surface area (Å²) < 4.78 is 16.9. The average molecular weight is 200 g/mol. The van der Waals surface area contributed by atoms with Gasteiger partial charge in [0.05, 0.1) is 18.8 Å². The van der Waals surface area contributed by atoms with E-state index in [0.29, 0.717) is 24.5 Å². The molecular weight excluding hydrogens is 180 g/mol. The number of ether oxygens (including phenoxy) is 3. The van der Waals surface area contributed by atoms with Crippen LogP contribution in [0.3, 0.4) is 0 Å². The third-order valence-corrected chi connectivity index (χ3v) is 3.80. The molecule has 0 aromatic carbocycles. The molecule has 14 heavy (non-hydrogen) atoms. The van der Waals surface area contributed by atoms with Gasteiger partial charge in [0.1, 0.15) is 5.60 Å². The van der Waals surface area contributed by atoms with Crippen LogP contribution in [0, 0.1) is 11.8 Å². The molecule has 2 bridgehead atoms. The van der Waals surface area contributed by atoms with Gasteiger partial charge < -0.3 is 14.2 Å². The fourth-order valence-electron chi connectivity index (χ4n) is 3.51. The second kappa shape index (κ2) is 3.47. The van der Waals surface area contributed by atoms with Gasteiger partial charge in [-0.25, -0.2) is 0 Å².